The zero-order chi connectivity index (χ0) is 29.6. The van der Waals surface area contributed by atoms with Crippen LogP contribution in [0.5, 0.6) is 5.75 Å². The van der Waals surface area contributed by atoms with Gasteiger partial charge in [0.25, 0.3) is 5.91 Å². The summed E-state index contributed by atoms with van der Waals surface area (Å²) in [5, 5.41) is 7.80. The first-order valence-electron chi connectivity index (χ1n) is 14.3. The minimum atomic E-state index is -0.301. The summed E-state index contributed by atoms with van der Waals surface area (Å²) in [4.78, 5) is 13.0. The topological polar surface area (TPSA) is 69.3 Å². The number of nitrogens with one attached hydrogen (secondary N) is 1. The maximum Gasteiger partial charge on any atom is 0.287 e. The number of carbonyl (C=O) groups is 1. The van der Waals surface area contributed by atoms with Crippen LogP contribution >= 0.6 is 0 Å². The number of rotatable bonds is 10. The molecule has 1 amide bonds. The number of hydrogen-bond acceptors (Lipinski definition) is 4. The number of nitrogens with zero attached hydrogens (tertiary/aromatic N) is 2. The summed E-state index contributed by atoms with van der Waals surface area (Å²) < 4.78 is 13.6. The van der Waals surface area contributed by atoms with E-state index < -0.39 is 0 Å². The molecule has 0 fully saturated rings. The second-order valence-corrected chi connectivity index (χ2v) is 10.9. The van der Waals surface area contributed by atoms with Gasteiger partial charge in [0, 0.05) is 29.3 Å². The standard InChI is InChI=1S/C37H33N3O3/c1-37(2,29-14-8-4-9-15-29)30-18-20-32(21-19-30)42-26-33-22-23-34(43-33)36(41)38-24-28-25-40(31-16-10-5-11-17-31)39-35(28)27-12-6-3-7-13-27/h3-23,25H,24,26H2,1-2H3,(H,38,41). The van der Waals surface area contributed by atoms with Gasteiger partial charge in [-0.05, 0) is 47.5 Å². The molecule has 6 nitrogen and oxygen atoms in total. The molecule has 1 N–H and O–H groups in total. The quantitative estimate of drug-likeness (QED) is 0.182. The number of hydrogen-bond donors (Lipinski definition) is 1. The van der Waals surface area contributed by atoms with E-state index in [1.165, 1.54) is 11.1 Å². The monoisotopic (exact) mass is 567 g/mol. The van der Waals surface area contributed by atoms with Crippen LogP contribution in [0.25, 0.3) is 16.9 Å². The van der Waals surface area contributed by atoms with Gasteiger partial charge >= 0.3 is 0 Å². The van der Waals surface area contributed by atoms with Crippen LogP contribution in [0.3, 0.4) is 0 Å². The van der Waals surface area contributed by atoms with E-state index in [0.29, 0.717) is 12.3 Å². The molecule has 6 heteroatoms. The van der Waals surface area contributed by atoms with Crippen LogP contribution in [0.2, 0.25) is 0 Å². The molecule has 6 rings (SSSR count). The van der Waals surface area contributed by atoms with Gasteiger partial charge in [-0.15, -0.1) is 0 Å². The van der Waals surface area contributed by atoms with E-state index in [4.69, 9.17) is 14.3 Å². The molecule has 0 unspecified atom stereocenters. The average Bonchev–Trinajstić information content (AvgIpc) is 3.72. The maximum absolute atomic E-state index is 13.0. The van der Waals surface area contributed by atoms with Crippen molar-refractivity contribution in [2.24, 2.45) is 0 Å². The summed E-state index contributed by atoms with van der Waals surface area (Å²) >= 11 is 0. The van der Waals surface area contributed by atoms with E-state index in [0.717, 1.165) is 28.3 Å². The van der Waals surface area contributed by atoms with Gasteiger partial charge in [-0.3, -0.25) is 4.79 Å². The molecule has 43 heavy (non-hydrogen) atoms. The molecule has 0 saturated carbocycles. The van der Waals surface area contributed by atoms with Gasteiger partial charge in [-0.2, -0.15) is 5.10 Å². The van der Waals surface area contributed by atoms with Gasteiger partial charge in [-0.25, -0.2) is 4.68 Å². The fourth-order valence-electron chi connectivity index (χ4n) is 5.08. The van der Waals surface area contributed by atoms with Crippen LogP contribution in [0.1, 0.15) is 46.9 Å². The summed E-state index contributed by atoms with van der Waals surface area (Å²) in [6.07, 6.45) is 1.95. The van der Waals surface area contributed by atoms with Crippen molar-refractivity contribution < 1.29 is 13.9 Å². The van der Waals surface area contributed by atoms with Crippen LogP contribution in [-0.4, -0.2) is 15.7 Å². The van der Waals surface area contributed by atoms with E-state index in [1.807, 2.05) is 89.7 Å². The molecule has 0 bridgehead atoms. The fraction of sp³-hybridized carbons (Fsp3) is 0.135. The predicted octanol–water partition coefficient (Wildman–Crippen LogP) is 7.97. The number of amides is 1. The Bertz CT molecular complexity index is 1790. The first-order valence-corrected chi connectivity index (χ1v) is 14.3. The van der Waals surface area contributed by atoms with Gasteiger partial charge in [0.15, 0.2) is 5.76 Å². The second kappa shape index (κ2) is 12.2. The largest absolute Gasteiger partial charge is 0.486 e. The molecule has 0 aliphatic heterocycles. The minimum absolute atomic E-state index is 0.120. The van der Waals surface area contributed by atoms with Crippen molar-refractivity contribution in [1.82, 2.24) is 15.1 Å². The molecule has 214 valence electrons. The molecule has 2 heterocycles. The van der Waals surface area contributed by atoms with Gasteiger partial charge in [0.1, 0.15) is 18.1 Å². The third kappa shape index (κ3) is 6.28. The summed E-state index contributed by atoms with van der Waals surface area (Å²) in [5.74, 6) is 1.24. The first kappa shape index (κ1) is 27.8. The van der Waals surface area contributed by atoms with E-state index in [2.05, 4.69) is 55.6 Å². The molecule has 4 aromatic carbocycles. The fourth-order valence-corrected chi connectivity index (χ4v) is 5.08. The lowest BCUT2D eigenvalue weighted by molar-refractivity contribution is 0.0919. The molecular formula is C37H33N3O3. The Morgan fingerprint density at radius 1 is 0.791 bits per heavy atom. The Hall–Kier alpha value is -5.36. The highest BCUT2D eigenvalue weighted by Gasteiger charge is 2.23. The molecule has 0 aliphatic carbocycles. The normalized spacial score (nSPS) is 11.3. The van der Waals surface area contributed by atoms with Crippen molar-refractivity contribution in [2.45, 2.75) is 32.4 Å². The van der Waals surface area contributed by atoms with Crippen molar-refractivity contribution >= 4 is 5.91 Å². The first-order chi connectivity index (χ1) is 21.0. The van der Waals surface area contributed by atoms with Crippen molar-refractivity contribution in [3.8, 4) is 22.7 Å². The Labute approximate surface area is 251 Å². The van der Waals surface area contributed by atoms with Crippen LogP contribution < -0.4 is 10.1 Å². The molecule has 0 atom stereocenters. The second-order valence-electron chi connectivity index (χ2n) is 10.9. The number of carbonyl (C=O) groups excluding carboxylic acids is 1. The van der Waals surface area contributed by atoms with E-state index in [9.17, 15) is 4.79 Å². The number of benzene rings is 4. The van der Waals surface area contributed by atoms with Gasteiger partial charge in [-0.1, -0.05) is 105 Å². The van der Waals surface area contributed by atoms with Crippen LogP contribution in [-0.2, 0) is 18.6 Å². The van der Waals surface area contributed by atoms with E-state index in [-0.39, 0.29) is 23.7 Å². The zero-order valence-electron chi connectivity index (χ0n) is 24.2. The highest BCUT2D eigenvalue weighted by atomic mass is 16.5. The number of aromatic nitrogens is 2. The molecular weight excluding hydrogens is 534 g/mol. The van der Waals surface area contributed by atoms with Crippen molar-refractivity contribution in [2.75, 3.05) is 0 Å². The highest BCUT2D eigenvalue weighted by molar-refractivity contribution is 5.91. The van der Waals surface area contributed by atoms with Gasteiger partial charge in [0.2, 0.25) is 0 Å². The maximum atomic E-state index is 13.0. The smallest absolute Gasteiger partial charge is 0.287 e. The van der Waals surface area contributed by atoms with E-state index in [1.54, 1.807) is 12.1 Å². The van der Waals surface area contributed by atoms with Crippen LogP contribution in [0.4, 0.5) is 0 Å². The summed E-state index contributed by atoms with van der Waals surface area (Å²) in [6, 6.07) is 41.9. The Morgan fingerprint density at radius 3 is 2.12 bits per heavy atom. The lowest BCUT2D eigenvalue weighted by Gasteiger charge is -2.26. The van der Waals surface area contributed by atoms with Crippen LogP contribution in [0, 0.1) is 0 Å². The van der Waals surface area contributed by atoms with Crippen LogP contribution in [0.15, 0.2) is 138 Å². The Kier molecular flexibility index (Phi) is 7.92. The van der Waals surface area contributed by atoms with Crippen molar-refractivity contribution in [3.63, 3.8) is 0 Å². The van der Waals surface area contributed by atoms with Crippen molar-refractivity contribution in [1.29, 1.82) is 0 Å². The summed E-state index contributed by atoms with van der Waals surface area (Å²) in [6.45, 7) is 4.95. The predicted molar refractivity (Wildman–Crippen MR) is 168 cm³/mol. The Balaban J connectivity index is 1.09. The van der Waals surface area contributed by atoms with Gasteiger partial charge < -0.3 is 14.5 Å². The average molecular weight is 568 g/mol. The third-order valence-corrected chi connectivity index (χ3v) is 7.64. The van der Waals surface area contributed by atoms with Gasteiger partial charge in [0.05, 0.1) is 11.4 Å². The molecule has 6 aromatic rings. The number of ether oxygens (including phenoxy) is 1. The lowest BCUT2D eigenvalue weighted by Crippen LogP contribution is -2.22. The molecule has 0 aliphatic rings. The number of furan rings is 1. The molecule has 0 saturated heterocycles. The molecule has 0 spiro atoms. The lowest BCUT2D eigenvalue weighted by atomic mass is 9.78. The van der Waals surface area contributed by atoms with E-state index >= 15 is 0 Å². The van der Waals surface area contributed by atoms with Crippen molar-refractivity contribution in [3.05, 3.63) is 162 Å². The third-order valence-electron chi connectivity index (χ3n) is 7.64. The minimum Gasteiger partial charge on any atom is -0.486 e. The Morgan fingerprint density at radius 2 is 1.42 bits per heavy atom. The summed E-state index contributed by atoms with van der Waals surface area (Å²) in [7, 11) is 0. The number of para-hydroxylation sites is 1. The molecule has 2 aromatic heterocycles. The molecule has 0 radical (unpaired) electrons. The highest BCUT2D eigenvalue weighted by Crippen LogP contribution is 2.32. The SMILES string of the molecule is CC(C)(c1ccccc1)c1ccc(OCc2ccc(C(=O)NCc3cn(-c4ccccc4)nc3-c3ccccc3)o2)cc1. The summed E-state index contributed by atoms with van der Waals surface area (Å²) in [5.41, 5.74) is 5.98. The zero-order valence-corrected chi connectivity index (χ0v) is 24.2.